The molecule has 3 rings (SSSR count). The normalized spacial score (nSPS) is 22.9. The number of carbonyl (C=O) groups excluding carboxylic acids is 3. The number of ether oxygens (including phenoxy) is 1. The average Bonchev–Trinajstić information content (AvgIpc) is 3.10. The van der Waals surface area contributed by atoms with Crippen LogP contribution in [0.25, 0.3) is 0 Å². The molecule has 3 amide bonds. The molecule has 0 spiro atoms. The van der Waals surface area contributed by atoms with Gasteiger partial charge in [-0.05, 0) is 44.5 Å². The first-order valence-corrected chi connectivity index (χ1v) is 9.80. The zero-order valence-electron chi connectivity index (χ0n) is 16.4. The summed E-state index contributed by atoms with van der Waals surface area (Å²) in [5.74, 6) is -0.519. The van der Waals surface area contributed by atoms with Crippen molar-refractivity contribution in [2.75, 3.05) is 31.1 Å². The fourth-order valence-electron chi connectivity index (χ4n) is 3.70. The molecule has 1 aromatic carbocycles. The van der Waals surface area contributed by atoms with E-state index in [9.17, 15) is 14.4 Å². The van der Waals surface area contributed by atoms with Crippen LogP contribution in [0.2, 0.25) is 0 Å². The first-order valence-electron chi connectivity index (χ1n) is 9.80. The van der Waals surface area contributed by atoms with Gasteiger partial charge in [0, 0.05) is 50.3 Å². The van der Waals surface area contributed by atoms with E-state index in [1.807, 2.05) is 13.8 Å². The molecule has 0 saturated carbocycles. The Labute approximate surface area is 165 Å². The van der Waals surface area contributed by atoms with E-state index in [2.05, 4.69) is 15.8 Å². The number of amides is 3. The molecule has 0 aromatic heterocycles. The summed E-state index contributed by atoms with van der Waals surface area (Å²) < 4.78 is 5.68. The SMILES string of the molecule is C[C@@H]1CN(CCC(=O)NNC(=O)c2ccc(N3CCCC3=O)cc2)C[C@@H](C)O1. The van der Waals surface area contributed by atoms with Gasteiger partial charge in [0.2, 0.25) is 11.8 Å². The first-order chi connectivity index (χ1) is 13.4. The second kappa shape index (κ2) is 9.16. The number of benzene rings is 1. The Morgan fingerprint density at radius 1 is 1.11 bits per heavy atom. The van der Waals surface area contributed by atoms with E-state index in [1.54, 1.807) is 29.2 Å². The average molecular weight is 388 g/mol. The maximum absolute atomic E-state index is 12.2. The maximum atomic E-state index is 12.2. The summed E-state index contributed by atoms with van der Waals surface area (Å²) in [5.41, 5.74) is 6.11. The first kappa shape index (κ1) is 20.3. The van der Waals surface area contributed by atoms with Crippen LogP contribution >= 0.6 is 0 Å². The predicted octanol–water partition coefficient (Wildman–Crippen LogP) is 1.07. The molecule has 28 heavy (non-hydrogen) atoms. The molecule has 2 saturated heterocycles. The Bertz CT molecular complexity index is 711. The van der Waals surface area contributed by atoms with Gasteiger partial charge in [0.25, 0.3) is 5.91 Å². The second-order valence-electron chi connectivity index (χ2n) is 7.46. The lowest BCUT2D eigenvalue weighted by atomic mass is 10.2. The highest BCUT2D eigenvalue weighted by Gasteiger charge is 2.23. The highest BCUT2D eigenvalue weighted by atomic mass is 16.5. The molecule has 0 aliphatic carbocycles. The van der Waals surface area contributed by atoms with Crippen LogP contribution in [0.4, 0.5) is 5.69 Å². The zero-order chi connectivity index (χ0) is 20.1. The number of anilines is 1. The van der Waals surface area contributed by atoms with Crippen molar-refractivity contribution in [1.82, 2.24) is 15.8 Å². The van der Waals surface area contributed by atoms with E-state index in [-0.39, 0.29) is 29.9 Å². The molecule has 2 atom stereocenters. The van der Waals surface area contributed by atoms with Crippen molar-refractivity contribution in [2.24, 2.45) is 0 Å². The van der Waals surface area contributed by atoms with Gasteiger partial charge in [-0.25, -0.2) is 0 Å². The molecule has 8 heteroatoms. The molecule has 152 valence electrons. The van der Waals surface area contributed by atoms with Gasteiger partial charge in [-0.15, -0.1) is 0 Å². The van der Waals surface area contributed by atoms with Crippen LogP contribution in [0.3, 0.4) is 0 Å². The Kier molecular flexibility index (Phi) is 6.64. The monoisotopic (exact) mass is 388 g/mol. The number of hydrogen-bond acceptors (Lipinski definition) is 5. The van der Waals surface area contributed by atoms with Gasteiger partial charge < -0.3 is 9.64 Å². The molecular weight excluding hydrogens is 360 g/mol. The minimum atomic E-state index is -0.388. The minimum Gasteiger partial charge on any atom is -0.373 e. The van der Waals surface area contributed by atoms with E-state index >= 15 is 0 Å². The van der Waals surface area contributed by atoms with Crippen LogP contribution in [0.15, 0.2) is 24.3 Å². The summed E-state index contributed by atoms with van der Waals surface area (Å²) in [5, 5.41) is 0. The van der Waals surface area contributed by atoms with Crippen LogP contribution in [-0.4, -0.2) is 61.0 Å². The number of hydrogen-bond donors (Lipinski definition) is 2. The van der Waals surface area contributed by atoms with Crippen molar-refractivity contribution in [3.05, 3.63) is 29.8 Å². The number of morpholine rings is 1. The summed E-state index contributed by atoms with van der Waals surface area (Å²) in [7, 11) is 0. The number of rotatable bonds is 5. The van der Waals surface area contributed by atoms with Crippen LogP contribution < -0.4 is 15.8 Å². The lowest BCUT2D eigenvalue weighted by Gasteiger charge is -2.35. The minimum absolute atomic E-state index is 0.105. The van der Waals surface area contributed by atoms with Gasteiger partial charge in [-0.3, -0.25) is 30.1 Å². The molecule has 1 aromatic rings. The van der Waals surface area contributed by atoms with Crippen molar-refractivity contribution >= 4 is 23.4 Å². The maximum Gasteiger partial charge on any atom is 0.269 e. The molecule has 2 aliphatic heterocycles. The van der Waals surface area contributed by atoms with E-state index in [0.717, 1.165) is 25.2 Å². The van der Waals surface area contributed by atoms with E-state index in [4.69, 9.17) is 4.74 Å². The largest absolute Gasteiger partial charge is 0.373 e. The zero-order valence-corrected chi connectivity index (χ0v) is 16.4. The van der Waals surface area contributed by atoms with Crippen LogP contribution in [-0.2, 0) is 14.3 Å². The third-order valence-corrected chi connectivity index (χ3v) is 4.98. The number of nitrogens with zero attached hydrogens (tertiary/aromatic N) is 2. The van der Waals surface area contributed by atoms with E-state index in [1.165, 1.54) is 0 Å². The molecule has 2 N–H and O–H groups in total. The molecule has 0 bridgehead atoms. The molecular formula is C20H28N4O4. The molecule has 2 fully saturated rings. The fraction of sp³-hybridized carbons (Fsp3) is 0.550. The summed E-state index contributed by atoms with van der Waals surface area (Å²) in [6.07, 6.45) is 2.04. The van der Waals surface area contributed by atoms with Gasteiger partial charge in [0.15, 0.2) is 0 Å². The third kappa shape index (κ3) is 5.30. The van der Waals surface area contributed by atoms with E-state index in [0.29, 0.717) is 31.5 Å². The second-order valence-corrected chi connectivity index (χ2v) is 7.46. The van der Waals surface area contributed by atoms with Gasteiger partial charge >= 0.3 is 0 Å². The Balaban J connectivity index is 1.42. The van der Waals surface area contributed by atoms with Crippen molar-refractivity contribution in [3.63, 3.8) is 0 Å². The Morgan fingerprint density at radius 2 is 1.79 bits per heavy atom. The van der Waals surface area contributed by atoms with Gasteiger partial charge in [0.1, 0.15) is 0 Å². The highest BCUT2D eigenvalue weighted by Crippen LogP contribution is 2.21. The third-order valence-electron chi connectivity index (χ3n) is 4.98. The topological polar surface area (TPSA) is 91.0 Å². The van der Waals surface area contributed by atoms with Crippen molar-refractivity contribution in [3.8, 4) is 0 Å². The molecule has 0 radical (unpaired) electrons. The Hall–Kier alpha value is -2.45. The van der Waals surface area contributed by atoms with Crippen molar-refractivity contribution < 1.29 is 19.1 Å². The van der Waals surface area contributed by atoms with Crippen LogP contribution in [0.5, 0.6) is 0 Å². The van der Waals surface area contributed by atoms with E-state index < -0.39 is 0 Å². The molecule has 2 aliphatic rings. The highest BCUT2D eigenvalue weighted by molar-refractivity contribution is 5.98. The summed E-state index contributed by atoms with van der Waals surface area (Å²) >= 11 is 0. The predicted molar refractivity (Wildman–Crippen MR) is 105 cm³/mol. The number of nitrogens with one attached hydrogen (secondary N) is 2. The van der Waals surface area contributed by atoms with Gasteiger partial charge in [-0.1, -0.05) is 0 Å². The fourth-order valence-corrected chi connectivity index (χ4v) is 3.70. The quantitative estimate of drug-likeness (QED) is 0.737. The molecule has 2 heterocycles. The summed E-state index contributed by atoms with van der Waals surface area (Å²) in [6.45, 7) is 6.98. The number of hydrazine groups is 1. The van der Waals surface area contributed by atoms with Crippen LogP contribution in [0.1, 0.15) is 43.5 Å². The summed E-state index contributed by atoms with van der Waals surface area (Å²) in [4.78, 5) is 39.9. The van der Waals surface area contributed by atoms with Crippen LogP contribution in [0, 0.1) is 0 Å². The number of carbonyl (C=O) groups is 3. The molecule has 8 nitrogen and oxygen atoms in total. The Morgan fingerprint density at radius 3 is 2.39 bits per heavy atom. The van der Waals surface area contributed by atoms with Gasteiger partial charge in [0.05, 0.1) is 12.2 Å². The van der Waals surface area contributed by atoms with Gasteiger partial charge in [-0.2, -0.15) is 0 Å². The van der Waals surface area contributed by atoms with Crippen molar-refractivity contribution in [1.29, 1.82) is 0 Å². The lowest BCUT2D eigenvalue weighted by Crippen LogP contribution is -2.47. The molecule has 0 unspecified atom stereocenters. The van der Waals surface area contributed by atoms with Crippen molar-refractivity contribution in [2.45, 2.75) is 45.3 Å². The summed E-state index contributed by atoms with van der Waals surface area (Å²) in [6, 6.07) is 6.80. The smallest absolute Gasteiger partial charge is 0.269 e. The standard InChI is InChI=1S/C20H28N4O4/c1-14-12-23(13-15(2)28-14)11-9-18(25)21-22-20(27)16-5-7-17(8-6-16)24-10-3-4-19(24)26/h5-8,14-15H,3-4,9-13H2,1-2H3,(H,21,25)(H,22,27)/t14-,15-/m1/s1. The lowest BCUT2D eigenvalue weighted by molar-refractivity contribution is -0.123.